The SMILES string of the molecule is C=CCCC(C)CCC=CC.C=CCCC(CCC=CC)CCPC.C=CCCCC=CC. The van der Waals surface area contributed by atoms with Gasteiger partial charge in [0.25, 0.3) is 0 Å². The van der Waals surface area contributed by atoms with E-state index in [0.717, 1.165) is 33.3 Å². The summed E-state index contributed by atoms with van der Waals surface area (Å²) in [6.45, 7) is 22.0. The van der Waals surface area contributed by atoms with Crippen molar-refractivity contribution in [2.45, 2.75) is 105 Å². The standard InChI is InChI=1S/C13H25P.C11H20.C8H14/c1-4-6-8-10-13(9-7-5-2)11-12-14-3;1-4-6-8-10-11(3)9-7-5-2;1-3-5-7-8-6-4-2/h4-6,13-14H,2,7-12H2,1,3H3;4-6,11H,2,7-10H2,1,3H3;3-4,6H,1,5,7-8H2,2H3. The van der Waals surface area contributed by atoms with Crippen LogP contribution in [0.15, 0.2) is 74.4 Å². The zero-order chi connectivity index (χ0) is 25.4. The Labute approximate surface area is 212 Å². The molecule has 0 aromatic rings. The normalized spacial score (nSPS) is 13.0. The minimum atomic E-state index is 0.851. The maximum atomic E-state index is 3.80. The third-order valence-corrected chi connectivity index (χ3v) is 6.29. The van der Waals surface area contributed by atoms with Gasteiger partial charge in [-0.3, -0.25) is 0 Å². The predicted octanol–water partition coefficient (Wildman–Crippen LogP) is 11.5. The van der Waals surface area contributed by atoms with E-state index in [0.29, 0.717) is 0 Å². The van der Waals surface area contributed by atoms with Gasteiger partial charge in [-0.15, -0.1) is 28.3 Å². The van der Waals surface area contributed by atoms with Gasteiger partial charge in [0.2, 0.25) is 0 Å². The molecule has 3 atom stereocenters. The van der Waals surface area contributed by atoms with Crippen LogP contribution in [0.5, 0.6) is 0 Å². The molecule has 0 aliphatic carbocycles. The minimum Gasteiger partial charge on any atom is -0.125 e. The van der Waals surface area contributed by atoms with Crippen molar-refractivity contribution in [3.63, 3.8) is 0 Å². The molecule has 0 radical (unpaired) electrons. The zero-order valence-corrected chi connectivity index (χ0v) is 24.2. The molecule has 0 nitrogen and oxygen atoms in total. The molecule has 0 aromatic heterocycles. The first-order valence-corrected chi connectivity index (χ1v) is 15.1. The lowest BCUT2D eigenvalue weighted by Gasteiger charge is -2.14. The molecule has 0 saturated heterocycles. The van der Waals surface area contributed by atoms with Crippen LogP contribution in [0.1, 0.15) is 105 Å². The summed E-state index contributed by atoms with van der Waals surface area (Å²) in [6, 6.07) is 0. The van der Waals surface area contributed by atoms with Gasteiger partial charge in [0, 0.05) is 0 Å². The number of unbranched alkanes of at least 4 members (excludes halogenated alkanes) is 2. The van der Waals surface area contributed by atoms with Crippen LogP contribution in [0, 0.1) is 11.8 Å². The highest BCUT2D eigenvalue weighted by Gasteiger charge is 2.05. The fraction of sp³-hybridized carbons (Fsp3) is 0.625. The van der Waals surface area contributed by atoms with Crippen molar-refractivity contribution < 1.29 is 0 Å². The Kier molecular flexibility index (Phi) is 39.2. The molecule has 0 aliphatic rings. The first-order valence-electron chi connectivity index (χ1n) is 13.4. The number of hydrogen-bond donors (Lipinski definition) is 0. The molecule has 0 N–H and O–H groups in total. The molecular formula is C32H59P. The molecule has 0 bridgehead atoms. The van der Waals surface area contributed by atoms with Gasteiger partial charge >= 0.3 is 0 Å². The fourth-order valence-corrected chi connectivity index (χ4v) is 3.97. The van der Waals surface area contributed by atoms with E-state index in [-0.39, 0.29) is 0 Å². The third kappa shape index (κ3) is 38.4. The number of allylic oxidation sites excluding steroid dienone is 9. The van der Waals surface area contributed by atoms with Crippen LogP contribution in [0.3, 0.4) is 0 Å². The molecule has 3 unspecified atom stereocenters. The van der Waals surface area contributed by atoms with E-state index in [2.05, 4.69) is 89.7 Å². The molecule has 0 aromatic carbocycles. The molecule has 0 fully saturated rings. The molecule has 0 heterocycles. The van der Waals surface area contributed by atoms with Gasteiger partial charge < -0.3 is 0 Å². The summed E-state index contributed by atoms with van der Waals surface area (Å²) < 4.78 is 0. The van der Waals surface area contributed by atoms with E-state index in [1.54, 1.807) is 0 Å². The van der Waals surface area contributed by atoms with Crippen molar-refractivity contribution in [2.75, 3.05) is 12.8 Å². The largest absolute Gasteiger partial charge is 0.125 e. The molecule has 0 saturated carbocycles. The second-order valence-corrected chi connectivity index (χ2v) is 9.88. The van der Waals surface area contributed by atoms with Crippen LogP contribution >= 0.6 is 8.58 Å². The molecule has 0 amide bonds. The van der Waals surface area contributed by atoms with Crippen molar-refractivity contribution in [3.8, 4) is 0 Å². The van der Waals surface area contributed by atoms with Gasteiger partial charge in [-0.25, -0.2) is 0 Å². The van der Waals surface area contributed by atoms with Crippen molar-refractivity contribution in [1.29, 1.82) is 0 Å². The Morgan fingerprint density at radius 3 is 1.58 bits per heavy atom. The van der Waals surface area contributed by atoms with Gasteiger partial charge in [0.05, 0.1) is 0 Å². The van der Waals surface area contributed by atoms with E-state index in [9.17, 15) is 0 Å². The second kappa shape index (κ2) is 35.5. The summed E-state index contributed by atoms with van der Waals surface area (Å²) in [4.78, 5) is 0. The summed E-state index contributed by atoms with van der Waals surface area (Å²) in [5.74, 6) is 1.78. The first kappa shape index (κ1) is 36.4. The van der Waals surface area contributed by atoms with Gasteiger partial charge in [-0.2, -0.15) is 0 Å². The van der Waals surface area contributed by atoms with Gasteiger partial charge in [0.1, 0.15) is 0 Å². The van der Waals surface area contributed by atoms with E-state index in [1.165, 1.54) is 70.4 Å². The van der Waals surface area contributed by atoms with Crippen LogP contribution in [-0.2, 0) is 0 Å². The Morgan fingerprint density at radius 2 is 1.06 bits per heavy atom. The van der Waals surface area contributed by atoms with E-state index < -0.39 is 0 Å². The second-order valence-electron chi connectivity index (χ2n) is 8.68. The Morgan fingerprint density at radius 1 is 0.606 bits per heavy atom. The van der Waals surface area contributed by atoms with E-state index >= 15 is 0 Å². The highest BCUT2D eigenvalue weighted by Crippen LogP contribution is 2.21. The van der Waals surface area contributed by atoms with Gasteiger partial charge in [-0.05, 0) is 122 Å². The minimum absolute atomic E-state index is 0.851. The Bertz CT molecular complexity index is 469. The van der Waals surface area contributed by atoms with Gasteiger partial charge in [-0.1, -0.05) is 61.6 Å². The van der Waals surface area contributed by atoms with Crippen molar-refractivity contribution in [2.24, 2.45) is 11.8 Å². The Balaban J connectivity index is -0.000000426. The van der Waals surface area contributed by atoms with Crippen molar-refractivity contribution in [1.82, 2.24) is 0 Å². The molecular weight excluding hydrogens is 415 g/mol. The molecule has 0 rings (SSSR count). The average Bonchev–Trinajstić information content (AvgIpc) is 2.83. The highest BCUT2D eigenvalue weighted by atomic mass is 31.1. The summed E-state index contributed by atoms with van der Waals surface area (Å²) in [6.07, 6.45) is 35.7. The lowest BCUT2D eigenvalue weighted by atomic mass is 9.95. The zero-order valence-electron chi connectivity index (χ0n) is 23.2. The number of rotatable bonds is 19. The lowest BCUT2D eigenvalue weighted by Crippen LogP contribution is -2.01. The Hall–Kier alpha value is -1.13. The van der Waals surface area contributed by atoms with Crippen LogP contribution in [0.4, 0.5) is 0 Å². The van der Waals surface area contributed by atoms with Gasteiger partial charge in [0.15, 0.2) is 0 Å². The quantitative estimate of drug-likeness (QED) is 0.0991. The third-order valence-electron chi connectivity index (χ3n) is 5.50. The number of hydrogen-bond acceptors (Lipinski definition) is 0. The topological polar surface area (TPSA) is 0 Å². The van der Waals surface area contributed by atoms with Crippen LogP contribution < -0.4 is 0 Å². The highest BCUT2D eigenvalue weighted by molar-refractivity contribution is 7.36. The summed E-state index contributed by atoms with van der Waals surface area (Å²) >= 11 is 0. The molecule has 192 valence electrons. The average molecular weight is 475 g/mol. The maximum absolute atomic E-state index is 3.80. The maximum Gasteiger partial charge on any atom is -0.0348 e. The first-order chi connectivity index (χ1) is 16.1. The molecule has 0 aliphatic heterocycles. The van der Waals surface area contributed by atoms with Crippen LogP contribution in [0.2, 0.25) is 0 Å². The lowest BCUT2D eigenvalue weighted by molar-refractivity contribution is 0.447. The monoisotopic (exact) mass is 474 g/mol. The molecule has 0 spiro atoms. The smallest absolute Gasteiger partial charge is 0.0348 e. The van der Waals surface area contributed by atoms with Crippen LogP contribution in [-0.4, -0.2) is 12.8 Å². The van der Waals surface area contributed by atoms with Crippen molar-refractivity contribution in [3.05, 3.63) is 74.4 Å². The summed E-state index contributed by atoms with van der Waals surface area (Å²) in [5, 5.41) is 0. The predicted molar refractivity (Wildman–Crippen MR) is 162 cm³/mol. The fourth-order valence-electron chi connectivity index (χ4n) is 3.27. The molecule has 33 heavy (non-hydrogen) atoms. The summed E-state index contributed by atoms with van der Waals surface area (Å²) in [5.41, 5.74) is 0. The molecule has 1 heteroatoms. The van der Waals surface area contributed by atoms with Crippen LogP contribution in [0.25, 0.3) is 0 Å². The van der Waals surface area contributed by atoms with E-state index in [1.807, 2.05) is 19.1 Å². The van der Waals surface area contributed by atoms with E-state index in [4.69, 9.17) is 0 Å². The van der Waals surface area contributed by atoms with Crippen molar-refractivity contribution >= 4 is 8.58 Å². The summed E-state index contributed by atoms with van der Waals surface area (Å²) in [7, 11) is 1.12.